The first-order chi connectivity index (χ1) is 9.15. The molecule has 0 saturated carbocycles. The van der Waals surface area contributed by atoms with Crippen molar-refractivity contribution in [2.45, 2.75) is 13.8 Å². The molecule has 0 bridgehead atoms. The summed E-state index contributed by atoms with van der Waals surface area (Å²) in [6.45, 7) is 4.93. The Morgan fingerprint density at radius 1 is 1.11 bits per heavy atom. The lowest BCUT2D eigenvalue weighted by Gasteiger charge is -2.20. The summed E-state index contributed by atoms with van der Waals surface area (Å²) in [7, 11) is 1.89. The lowest BCUT2D eigenvalue weighted by atomic mass is 9.86. The van der Waals surface area contributed by atoms with Gasteiger partial charge in [-0.25, -0.2) is 0 Å². The van der Waals surface area contributed by atoms with Gasteiger partial charge in [0.05, 0.1) is 0 Å². The van der Waals surface area contributed by atoms with E-state index in [1.165, 1.54) is 0 Å². The van der Waals surface area contributed by atoms with E-state index in [1.54, 1.807) is 0 Å². The first-order valence-corrected chi connectivity index (χ1v) is 6.81. The Labute approximate surface area is 114 Å². The molecule has 0 heterocycles. The van der Waals surface area contributed by atoms with E-state index in [4.69, 9.17) is 0 Å². The zero-order chi connectivity index (χ0) is 13.8. The average molecular weight is 255 g/mol. The zero-order valence-electron chi connectivity index (χ0n) is 11.8. The number of hydrogen-bond acceptors (Lipinski definition) is 2. The van der Waals surface area contributed by atoms with Crippen molar-refractivity contribution in [3.63, 3.8) is 0 Å². The lowest BCUT2D eigenvalue weighted by molar-refractivity contribution is 0.0888. The minimum absolute atomic E-state index is 0.0239. The van der Waals surface area contributed by atoms with Crippen LogP contribution in [0.25, 0.3) is 10.8 Å². The van der Waals surface area contributed by atoms with Gasteiger partial charge in [0.25, 0.3) is 0 Å². The van der Waals surface area contributed by atoms with Gasteiger partial charge in [-0.15, -0.1) is 0 Å². The van der Waals surface area contributed by atoms with E-state index in [0.717, 1.165) is 22.9 Å². The monoisotopic (exact) mass is 255 g/mol. The Morgan fingerprint density at radius 3 is 2.47 bits per heavy atom. The van der Waals surface area contributed by atoms with Crippen molar-refractivity contribution in [3.8, 4) is 0 Å². The number of nitrogens with one attached hydrogen (secondary N) is 1. The molecule has 2 rings (SSSR count). The molecule has 0 aliphatic rings. The number of rotatable bonds is 5. The largest absolute Gasteiger partial charge is 0.319 e. The van der Waals surface area contributed by atoms with E-state index in [9.17, 15) is 4.79 Å². The number of carbonyl (C=O) groups excluding carboxylic acids is 1. The molecule has 0 aliphatic heterocycles. The molecule has 0 fully saturated rings. The van der Waals surface area contributed by atoms with Crippen molar-refractivity contribution in [3.05, 3.63) is 48.0 Å². The summed E-state index contributed by atoms with van der Waals surface area (Å²) in [6.07, 6.45) is 0. The maximum atomic E-state index is 12.8. The summed E-state index contributed by atoms with van der Waals surface area (Å²) in [4.78, 5) is 12.8. The molecule has 2 nitrogen and oxygen atoms in total. The van der Waals surface area contributed by atoms with Crippen LogP contribution in [0.4, 0.5) is 0 Å². The normalized spacial score (nSPS) is 12.8. The zero-order valence-corrected chi connectivity index (χ0v) is 11.8. The maximum Gasteiger partial charge on any atom is 0.168 e. The molecule has 2 aromatic carbocycles. The van der Waals surface area contributed by atoms with E-state index in [-0.39, 0.29) is 11.7 Å². The highest BCUT2D eigenvalue weighted by atomic mass is 16.1. The Balaban J connectivity index is 2.45. The summed E-state index contributed by atoms with van der Waals surface area (Å²) < 4.78 is 0. The van der Waals surface area contributed by atoms with Crippen LogP contribution in [0.1, 0.15) is 24.2 Å². The topological polar surface area (TPSA) is 29.1 Å². The third-order valence-corrected chi connectivity index (χ3v) is 3.62. The second-order valence-corrected chi connectivity index (χ2v) is 5.30. The van der Waals surface area contributed by atoms with Crippen LogP contribution in [0.5, 0.6) is 0 Å². The molecule has 0 radical (unpaired) electrons. The quantitative estimate of drug-likeness (QED) is 0.828. The van der Waals surface area contributed by atoms with Crippen molar-refractivity contribution in [2.24, 2.45) is 11.8 Å². The van der Waals surface area contributed by atoms with Gasteiger partial charge in [-0.05, 0) is 23.7 Å². The number of fused-ring (bicyclic) bond motifs is 1. The van der Waals surface area contributed by atoms with Gasteiger partial charge in [0.1, 0.15) is 0 Å². The van der Waals surface area contributed by atoms with Crippen LogP contribution in [0.2, 0.25) is 0 Å². The molecule has 1 atom stereocenters. The minimum Gasteiger partial charge on any atom is -0.319 e. The summed E-state index contributed by atoms with van der Waals surface area (Å²) in [6, 6.07) is 14.0. The Bertz CT molecular complexity index is 569. The number of carbonyl (C=O) groups is 1. The third-order valence-electron chi connectivity index (χ3n) is 3.62. The molecular formula is C17H21NO. The Kier molecular flexibility index (Phi) is 4.33. The van der Waals surface area contributed by atoms with E-state index in [2.05, 4.69) is 31.3 Å². The summed E-state index contributed by atoms with van der Waals surface area (Å²) in [5.74, 6) is 0.593. The van der Waals surface area contributed by atoms with Gasteiger partial charge in [-0.1, -0.05) is 56.3 Å². The van der Waals surface area contributed by atoms with Crippen molar-refractivity contribution < 1.29 is 4.79 Å². The second kappa shape index (κ2) is 5.98. The number of ketones is 1. The first-order valence-electron chi connectivity index (χ1n) is 6.81. The number of Topliss-reactive ketones (excluding diaryl/α,β-unsaturated/α-hetero) is 1. The molecule has 2 aromatic rings. The van der Waals surface area contributed by atoms with Crippen molar-refractivity contribution in [1.29, 1.82) is 0 Å². The van der Waals surface area contributed by atoms with Crippen LogP contribution >= 0.6 is 0 Å². The smallest absolute Gasteiger partial charge is 0.168 e. The second-order valence-electron chi connectivity index (χ2n) is 5.30. The molecule has 1 unspecified atom stereocenters. The number of benzene rings is 2. The predicted octanol–water partition coefficient (Wildman–Crippen LogP) is 3.51. The molecule has 0 amide bonds. The summed E-state index contributed by atoms with van der Waals surface area (Å²) in [5, 5.41) is 5.30. The van der Waals surface area contributed by atoms with Gasteiger partial charge in [-0.2, -0.15) is 0 Å². The summed E-state index contributed by atoms with van der Waals surface area (Å²) >= 11 is 0. The van der Waals surface area contributed by atoms with Crippen molar-refractivity contribution in [2.75, 3.05) is 13.6 Å². The van der Waals surface area contributed by atoms with Crippen LogP contribution < -0.4 is 5.32 Å². The highest BCUT2D eigenvalue weighted by Gasteiger charge is 2.23. The molecule has 100 valence electrons. The van der Waals surface area contributed by atoms with Crippen molar-refractivity contribution in [1.82, 2.24) is 5.32 Å². The molecule has 0 spiro atoms. The predicted molar refractivity (Wildman–Crippen MR) is 80.5 cm³/mol. The van der Waals surface area contributed by atoms with Gasteiger partial charge in [-0.3, -0.25) is 4.79 Å². The lowest BCUT2D eigenvalue weighted by Crippen LogP contribution is -2.30. The van der Waals surface area contributed by atoms with Crippen LogP contribution in [0.3, 0.4) is 0 Å². The molecular weight excluding hydrogens is 234 g/mol. The van der Waals surface area contributed by atoms with Gasteiger partial charge in [0.2, 0.25) is 0 Å². The molecule has 19 heavy (non-hydrogen) atoms. The van der Waals surface area contributed by atoms with E-state index in [1.807, 2.05) is 37.4 Å². The molecule has 1 N–H and O–H groups in total. The third kappa shape index (κ3) is 2.85. The maximum absolute atomic E-state index is 12.8. The fraction of sp³-hybridized carbons (Fsp3) is 0.353. The van der Waals surface area contributed by atoms with Crippen LogP contribution in [0, 0.1) is 11.8 Å². The van der Waals surface area contributed by atoms with E-state index in [0.29, 0.717) is 5.92 Å². The van der Waals surface area contributed by atoms with E-state index >= 15 is 0 Å². The fourth-order valence-electron chi connectivity index (χ4n) is 2.49. The van der Waals surface area contributed by atoms with Gasteiger partial charge in [0, 0.05) is 18.0 Å². The molecule has 0 aromatic heterocycles. The van der Waals surface area contributed by atoms with E-state index < -0.39 is 0 Å². The molecule has 0 aliphatic carbocycles. The van der Waals surface area contributed by atoms with Crippen LogP contribution in [0.15, 0.2) is 42.5 Å². The standard InChI is InChI=1S/C17H21NO/c1-12(2)16(11-18-3)17(19)15-10-6-8-13-7-4-5-9-14(13)15/h4-10,12,16,18H,11H2,1-3H3. The number of hydrogen-bond donors (Lipinski definition) is 1. The highest BCUT2D eigenvalue weighted by molar-refractivity contribution is 6.09. The SMILES string of the molecule is CNCC(C(=O)c1cccc2ccccc12)C(C)C. The first kappa shape index (κ1) is 13.8. The van der Waals surface area contributed by atoms with Gasteiger partial charge in [0.15, 0.2) is 5.78 Å². The Morgan fingerprint density at radius 2 is 1.79 bits per heavy atom. The molecule has 2 heteroatoms. The minimum atomic E-state index is 0.0239. The van der Waals surface area contributed by atoms with Crippen molar-refractivity contribution >= 4 is 16.6 Å². The molecule has 0 saturated heterocycles. The fourth-order valence-corrected chi connectivity index (χ4v) is 2.49. The van der Waals surface area contributed by atoms with Crippen LogP contribution in [-0.4, -0.2) is 19.4 Å². The van der Waals surface area contributed by atoms with Gasteiger partial charge < -0.3 is 5.32 Å². The Hall–Kier alpha value is -1.67. The average Bonchev–Trinajstić information content (AvgIpc) is 2.43. The highest BCUT2D eigenvalue weighted by Crippen LogP contribution is 2.24. The van der Waals surface area contributed by atoms with Gasteiger partial charge >= 0.3 is 0 Å². The van der Waals surface area contributed by atoms with Crippen LogP contribution in [-0.2, 0) is 0 Å². The summed E-state index contributed by atoms with van der Waals surface area (Å²) in [5.41, 5.74) is 0.840.